The standard InChI is InChI=1S/C20H26N2O2/c1-4-14(2)24-18-12-10-17(11-13-18)22-20(23)15(3)19(21)16-8-6-5-7-9-16/h5-15,19H,4,21H2,1-3H3,(H,22,23). The van der Waals surface area contributed by atoms with Crippen molar-refractivity contribution in [2.75, 3.05) is 5.32 Å². The Hall–Kier alpha value is -2.33. The van der Waals surface area contributed by atoms with Crippen molar-refractivity contribution in [3.63, 3.8) is 0 Å². The second-order valence-electron chi connectivity index (χ2n) is 6.08. The van der Waals surface area contributed by atoms with E-state index in [1.54, 1.807) is 0 Å². The molecular formula is C20H26N2O2. The predicted octanol–water partition coefficient (Wildman–Crippen LogP) is 4.14. The number of anilines is 1. The third-order valence-electron chi connectivity index (χ3n) is 4.17. The van der Waals surface area contributed by atoms with Crippen LogP contribution in [0.3, 0.4) is 0 Å². The molecular weight excluding hydrogens is 300 g/mol. The maximum atomic E-state index is 12.4. The zero-order valence-electron chi connectivity index (χ0n) is 14.5. The summed E-state index contributed by atoms with van der Waals surface area (Å²) in [5.74, 6) is 0.377. The topological polar surface area (TPSA) is 64.3 Å². The minimum absolute atomic E-state index is 0.0954. The first-order valence-electron chi connectivity index (χ1n) is 8.39. The highest BCUT2D eigenvalue weighted by molar-refractivity contribution is 5.92. The fraction of sp³-hybridized carbons (Fsp3) is 0.350. The number of nitrogens with one attached hydrogen (secondary N) is 1. The van der Waals surface area contributed by atoms with Crippen LogP contribution in [-0.4, -0.2) is 12.0 Å². The number of carbonyl (C=O) groups is 1. The molecule has 4 nitrogen and oxygen atoms in total. The van der Waals surface area contributed by atoms with Crippen LogP contribution in [0.2, 0.25) is 0 Å². The molecule has 0 saturated carbocycles. The molecule has 3 atom stereocenters. The summed E-state index contributed by atoms with van der Waals surface area (Å²) in [6, 6.07) is 16.7. The second-order valence-corrected chi connectivity index (χ2v) is 6.08. The summed E-state index contributed by atoms with van der Waals surface area (Å²) in [6.07, 6.45) is 1.13. The molecule has 2 aromatic carbocycles. The number of hydrogen-bond donors (Lipinski definition) is 2. The van der Waals surface area contributed by atoms with Crippen LogP contribution in [0.5, 0.6) is 5.75 Å². The van der Waals surface area contributed by atoms with Gasteiger partial charge in [-0.15, -0.1) is 0 Å². The van der Waals surface area contributed by atoms with E-state index in [1.165, 1.54) is 0 Å². The fourth-order valence-electron chi connectivity index (χ4n) is 2.32. The molecule has 0 aliphatic rings. The lowest BCUT2D eigenvalue weighted by atomic mass is 9.94. The molecule has 24 heavy (non-hydrogen) atoms. The van der Waals surface area contributed by atoms with E-state index in [1.807, 2.05) is 68.4 Å². The molecule has 2 aromatic rings. The lowest BCUT2D eigenvalue weighted by molar-refractivity contribution is -0.120. The summed E-state index contributed by atoms with van der Waals surface area (Å²) in [5, 5.41) is 2.91. The maximum Gasteiger partial charge on any atom is 0.229 e. The van der Waals surface area contributed by atoms with E-state index in [0.717, 1.165) is 23.4 Å². The Morgan fingerprint density at radius 2 is 1.71 bits per heavy atom. The van der Waals surface area contributed by atoms with Crippen molar-refractivity contribution in [1.29, 1.82) is 0 Å². The summed E-state index contributed by atoms with van der Waals surface area (Å²) < 4.78 is 5.73. The molecule has 0 bridgehead atoms. The summed E-state index contributed by atoms with van der Waals surface area (Å²) in [4.78, 5) is 12.4. The minimum Gasteiger partial charge on any atom is -0.491 e. The van der Waals surface area contributed by atoms with Gasteiger partial charge in [0.05, 0.1) is 12.0 Å². The predicted molar refractivity (Wildman–Crippen MR) is 98.0 cm³/mol. The first kappa shape index (κ1) is 18.0. The van der Waals surface area contributed by atoms with Crippen molar-refractivity contribution in [2.45, 2.75) is 39.3 Å². The van der Waals surface area contributed by atoms with E-state index in [2.05, 4.69) is 12.2 Å². The van der Waals surface area contributed by atoms with Gasteiger partial charge in [0.15, 0.2) is 0 Å². The van der Waals surface area contributed by atoms with Gasteiger partial charge in [0.25, 0.3) is 0 Å². The molecule has 0 radical (unpaired) electrons. The Labute approximate surface area is 144 Å². The minimum atomic E-state index is -0.334. The van der Waals surface area contributed by atoms with E-state index >= 15 is 0 Å². The second kappa shape index (κ2) is 8.50. The van der Waals surface area contributed by atoms with Crippen LogP contribution in [0.4, 0.5) is 5.69 Å². The van der Waals surface area contributed by atoms with Crippen molar-refractivity contribution in [3.05, 3.63) is 60.2 Å². The van der Waals surface area contributed by atoms with Gasteiger partial charge in [-0.3, -0.25) is 4.79 Å². The number of rotatable bonds is 7. The van der Waals surface area contributed by atoms with Gasteiger partial charge in [-0.1, -0.05) is 44.2 Å². The molecule has 4 heteroatoms. The van der Waals surface area contributed by atoms with Crippen molar-refractivity contribution >= 4 is 11.6 Å². The summed E-state index contributed by atoms with van der Waals surface area (Å²) in [6.45, 7) is 5.95. The van der Waals surface area contributed by atoms with Crippen LogP contribution < -0.4 is 15.8 Å². The van der Waals surface area contributed by atoms with Crippen LogP contribution >= 0.6 is 0 Å². The first-order chi connectivity index (χ1) is 11.5. The number of hydrogen-bond acceptors (Lipinski definition) is 3. The zero-order valence-corrected chi connectivity index (χ0v) is 14.5. The molecule has 2 rings (SSSR count). The first-order valence-corrected chi connectivity index (χ1v) is 8.39. The maximum absolute atomic E-state index is 12.4. The van der Waals surface area contributed by atoms with Crippen LogP contribution in [0.25, 0.3) is 0 Å². The van der Waals surface area contributed by atoms with Crippen LogP contribution in [-0.2, 0) is 4.79 Å². The van der Waals surface area contributed by atoms with Gasteiger partial charge < -0.3 is 15.8 Å². The lowest BCUT2D eigenvalue weighted by Crippen LogP contribution is -2.30. The molecule has 3 N–H and O–H groups in total. The van der Waals surface area contributed by atoms with E-state index in [-0.39, 0.29) is 24.0 Å². The largest absolute Gasteiger partial charge is 0.491 e. The Kier molecular flexibility index (Phi) is 6.38. The van der Waals surface area contributed by atoms with Gasteiger partial charge in [-0.2, -0.15) is 0 Å². The highest BCUT2D eigenvalue weighted by Gasteiger charge is 2.22. The van der Waals surface area contributed by atoms with Gasteiger partial charge in [-0.05, 0) is 43.2 Å². The number of amides is 1. The molecule has 0 aromatic heterocycles. The van der Waals surface area contributed by atoms with Crippen LogP contribution in [0, 0.1) is 5.92 Å². The van der Waals surface area contributed by atoms with Gasteiger partial charge in [0.2, 0.25) is 5.91 Å². The van der Waals surface area contributed by atoms with Crippen molar-refractivity contribution in [1.82, 2.24) is 0 Å². The summed E-state index contributed by atoms with van der Waals surface area (Å²) >= 11 is 0. The number of nitrogens with two attached hydrogens (primary N) is 1. The van der Waals surface area contributed by atoms with Gasteiger partial charge in [0.1, 0.15) is 5.75 Å². The molecule has 0 spiro atoms. The van der Waals surface area contributed by atoms with Crippen LogP contribution in [0.15, 0.2) is 54.6 Å². The number of ether oxygens (including phenoxy) is 1. The summed E-state index contributed by atoms with van der Waals surface area (Å²) in [7, 11) is 0. The van der Waals surface area contributed by atoms with Crippen LogP contribution in [0.1, 0.15) is 38.8 Å². The van der Waals surface area contributed by atoms with Crippen molar-refractivity contribution in [3.8, 4) is 5.75 Å². The average Bonchev–Trinajstić information content (AvgIpc) is 2.62. The number of benzene rings is 2. The third-order valence-corrected chi connectivity index (χ3v) is 4.17. The van der Waals surface area contributed by atoms with E-state index in [0.29, 0.717) is 0 Å². The molecule has 0 heterocycles. The Morgan fingerprint density at radius 3 is 2.29 bits per heavy atom. The SMILES string of the molecule is CCC(C)Oc1ccc(NC(=O)C(C)C(N)c2ccccc2)cc1. The summed E-state index contributed by atoms with van der Waals surface area (Å²) in [5.41, 5.74) is 7.90. The molecule has 0 aliphatic carbocycles. The Morgan fingerprint density at radius 1 is 1.08 bits per heavy atom. The normalized spacial score (nSPS) is 14.5. The molecule has 0 aliphatic heterocycles. The highest BCUT2D eigenvalue weighted by atomic mass is 16.5. The van der Waals surface area contributed by atoms with E-state index < -0.39 is 0 Å². The smallest absolute Gasteiger partial charge is 0.229 e. The fourth-order valence-corrected chi connectivity index (χ4v) is 2.32. The molecule has 0 saturated heterocycles. The highest BCUT2D eigenvalue weighted by Crippen LogP contribution is 2.22. The molecule has 1 amide bonds. The molecule has 0 fully saturated rings. The number of carbonyl (C=O) groups excluding carboxylic acids is 1. The Balaban J connectivity index is 1.96. The monoisotopic (exact) mass is 326 g/mol. The van der Waals surface area contributed by atoms with Gasteiger partial charge in [-0.25, -0.2) is 0 Å². The van der Waals surface area contributed by atoms with Gasteiger partial charge in [0, 0.05) is 11.7 Å². The zero-order chi connectivity index (χ0) is 17.5. The molecule has 128 valence electrons. The van der Waals surface area contributed by atoms with E-state index in [4.69, 9.17) is 10.5 Å². The average molecular weight is 326 g/mol. The lowest BCUT2D eigenvalue weighted by Gasteiger charge is -2.20. The van der Waals surface area contributed by atoms with E-state index in [9.17, 15) is 4.79 Å². The van der Waals surface area contributed by atoms with Crippen molar-refractivity contribution < 1.29 is 9.53 Å². The third kappa shape index (κ3) is 4.83. The molecule has 3 unspecified atom stereocenters. The Bertz CT molecular complexity index is 640. The van der Waals surface area contributed by atoms with Crippen molar-refractivity contribution in [2.24, 2.45) is 11.7 Å². The van der Waals surface area contributed by atoms with Gasteiger partial charge >= 0.3 is 0 Å². The quantitative estimate of drug-likeness (QED) is 0.804.